The van der Waals surface area contributed by atoms with E-state index in [4.69, 9.17) is 4.74 Å². The van der Waals surface area contributed by atoms with Crippen molar-refractivity contribution in [2.45, 2.75) is 18.6 Å². The van der Waals surface area contributed by atoms with E-state index in [-0.39, 0.29) is 24.5 Å². The topological polar surface area (TPSA) is 66.8 Å². The van der Waals surface area contributed by atoms with E-state index < -0.39 is 17.4 Å². The van der Waals surface area contributed by atoms with E-state index in [9.17, 15) is 14.7 Å². The smallest absolute Gasteiger partial charge is 0.236 e. The third-order valence-electron chi connectivity index (χ3n) is 3.81. The number of hydrogen-bond donors (Lipinski definition) is 1. The summed E-state index contributed by atoms with van der Waals surface area (Å²) in [6, 6.07) is 0. The third kappa shape index (κ3) is 0.888. The largest absolute Gasteiger partial charge is 0.393 e. The molecule has 0 aromatic heterocycles. The van der Waals surface area contributed by atoms with Crippen LogP contribution in [0.1, 0.15) is 6.92 Å². The number of amides is 2. The highest BCUT2D eigenvalue weighted by molar-refractivity contribution is 6.07. The molecule has 86 valence electrons. The minimum absolute atomic E-state index is 0.165. The first-order valence-electron chi connectivity index (χ1n) is 5.48. The molecule has 5 nitrogen and oxygen atoms in total. The predicted molar refractivity (Wildman–Crippen MR) is 53.2 cm³/mol. The molecule has 3 aliphatic heterocycles. The lowest BCUT2D eigenvalue weighted by Gasteiger charge is -2.26. The number of nitrogens with zero attached hydrogens (tertiary/aromatic N) is 1. The zero-order valence-corrected chi connectivity index (χ0v) is 8.92. The summed E-state index contributed by atoms with van der Waals surface area (Å²) in [7, 11) is 0. The van der Waals surface area contributed by atoms with Gasteiger partial charge in [-0.2, -0.15) is 0 Å². The van der Waals surface area contributed by atoms with Crippen LogP contribution in [0.5, 0.6) is 0 Å². The monoisotopic (exact) mass is 223 g/mol. The van der Waals surface area contributed by atoms with Crippen LogP contribution in [-0.4, -0.2) is 46.7 Å². The molecule has 0 spiro atoms. The Bertz CT molecular complexity index is 405. The fourth-order valence-corrected chi connectivity index (χ4v) is 3.06. The Morgan fingerprint density at radius 2 is 2.25 bits per heavy atom. The Morgan fingerprint density at radius 3 is 2.88 bits per heavy atom. The molecular formula is C11H13NO4. The first kappa shape index (κ1) is 9.99. The zero-order chi connectivity index (χ0) is 11.5. The van der Waals surface area contributed by atoms with Crippen molar-refractivity contribution in [3.05, 3.63) is 12.2 Å². The minimum atomic E-state index is -0.952. The van der Waals surface area contributed by atoms with Crippen molar-refractivity contribution in [1.29, 1.82) is 0 Å². The van der Waals surface area contributed by atoms with Crippen LogP contribution in [0.25, 0.3) is 0 Å². The summed E-state index contributed by atoms with van der Waals surface area (Å²) < 4.78 is 5.58. The van der Waals surface area contributed by atoms with Crippen LogP contribution in [0.4, 0.5) is 0 Å². The van der Waals surface area contributed by atoms with E-state index in [2.05, 4.69) is 0 Å². The van der Waals surface area contributed by atoms with Crippen molar-refractivity contribution in [3.63, 3.8) is 0 Å². The summed E-state index contributed by atoms with van der Waals surface area (Å²) in [6.45, 7) is 1.91. The molecule has 2 saturated heterocycles. The molecule has 4 atom stereocenters. The Morgan fingerprint density at radius 1 is 1.50 bits per heavy atom. The Balaban J connectivity index is 2.06. The molecule has 16 heavy (non-hydrogen) atoms. The fraction of sp³-hybridized carbons (Fsp3) is 0.636. The van der Waals surface area contributed by atoms with Crippen molar-refractivity contribution < 1.29 is 19.4 Å². The average molecular weight is 223 g/mol. The fourth-order valence-electron chi connectivity index (χ4n) is 3.06. The number of carbonyl (C=O) groups excluding carboxylic acids is 2. The van der Waals surface area contributed by atoms with Gasteiger partial charge in [0.25, 0.3) is 0 Å². The van der Waals surface area contributed by atoms with Crippen LogP contribution in [0.15, 0.2) is 12.2 Å². The molecule has 2 bridgehead atoms. The number of hydrogen-bond acceptors (Lipinski definition) is 4. The number of aliphatic hydroxyl groups excluding tert-OH is 1. The van der Waals surface area contributed by atoms with Crippen LogP contribution in [0.3, 0.4) is 0 Å². The summed E-state index contributed by atoms with van der Waals surface area (Å²) in [6.07, 6.45) is 3.16. The van der Waals surface area contributed by atoms with E-state index in [1.54, 1.807) is 19.1 Å². The second-order valence-electron chi connectivity index (χ2n) is 4.48. The molecule has 1 N–H and O–H groups in total. The van der Waals surface area contributed by atoms with Gasteiger partial charge in [0.1, 0.15) is 5.60 Å². The molecular weight excluding hydrogens is 210 g/mol. The molecule has 3 aliphatic rings. The zero-order valence-electron chi connectivity index (χ0n) is 8.92. The Labute approximate surface area is 92.7 Å². The summed E-state index contributed by atoms with van der Waals surface area (Å²) in [5, 5.41) is 9.39. The molecule has 3 rings (SSSR count). The molecule has 3 heterocycles. The van der Waals surface area contributed by atoms with Gasteiger partial charge in [-0.1, -0.05) is 12.2 Å². The highest BCUT2D eigenvalue weighted by Crippen LogP contribution is 2.51. The molecule has 0 radical (unpaired) electrons. The maximum absolute atomic E-state index is 12.1. The minimum Gasteiger partial charge on any atom is -0.393 e. The van der Waals surface area contributed by atoms with Gasteiger partial charge in [-0.05, 0) is 6.92 Å². The van der Waals surface area contributed by atoms with Gasteiger partial charge in [-0.15, -0.1) is 0 Å². The average Bonchev–Trinajstić information content (AvgIpc) is 2.91. The van der Waals surface area contributed by atoms with E-state index in [1.165, 1.54) is 4.90 Å². The highest BCUT2D eigenvalue weighted by Gasteiger charge is 2.67. The molecule has 0 aromatic carbocycles. The van der Waals surface area contributed by atoms with Crippen molar-refractivity contribution >= 4 is 11.8 Å². The number of carbonyl (C=O) groups is 2. The second kappa shape index (κ2) is 2.93. The number of imide groups is 1. The van der Waals surface area contributed by atoms with Gasteiger partial charge in [0.2, 0.25) is 11.8 Å². The summed E-state index contributed by atoms with van der Waals surface area (Å²) in [5.41, 5.74) is -0.952. The lowest BCUT2D eigenvalue weighted by Crippen LogP contribution is -2.43. The van der Waals surface area contributed by atoms with E-state index in [1.807, 2.05) is 0 Å². The molecule has 4 unspecified atom stereocenters. The second-order valence-corrected chi connectivity index (χ2v) is 4.48. The number of aliphatic hydroxyl groups is 1. The maximum atomic E-state index is 12.1. The van der Waals surface area contributed by atoms with Gasteiger partial charge in [0, 0.05) is 6.54 Å². The van der Waals surface area contributed by atoms with Gasteiger partial charge in [0.05, 0.1) is 24.5 Å². The maximum Gasteiger partial charge on any atom is 0.236 e. The summed E-state index contributed by atoms with van der Waals surface area (Å²) in [4.78, 5) is 25.3. The van der Waals surface area contributed by atoms with Crippen LogP contribution >= 0.6 is 0 Å². The van der Waals surface area contributed by atoms with Gasteiger partial charge in [0.15, 0.2) is 0 Å². The number of likely N-dealkylation sites (tertiary alicyclic amines) is 1. The van der Waals surface area contributed by atoms with Crippen LogP contribution in [-0.2, 0) is 14.3 Å². The first-order valence-corrected chi connectivity index (χ1v) is 5.48. The van der Waals surface area contributed by atoms with Crippen LogP contribution < -0.4 is 0 Å². The lowest BCUT2D eigenvalue weighted by atomic mass is 9.77. The summed E-state index contributed by atoms with van der Waals surface area (Å²) >= 11 is 0. The van der Waals surface area contributed by atoms with Gasteiger partial charge < -0.3 is 9.84 Å². The van der Waals surface area contributed by atoms with Crippen LogP contribution in [0.2, 0.25) is 0 Å². The highest BCUT2D eigenvalue weighted by atomic mass is 16.5. The number of fused-ring (bicyclic) bond motifs is 5. The molecule has 5 heteroatoms. The van der Waals surface area contributed by atoms with E-state index >= 15 is 0 Å². The molecule has 2 amide bonds. The number of rotatable bonds is 2. The quantitative estimate of drug-likeness (QED) is 0.497. The van der Waals surface area contributed by atoms with Gasteiger partial charge in [-0.3, -0.25) is 14.5 Å². The molecule has 0 aromatic rings. The van der Waals surface area contributed by atoms with Gasteiger partial charge in [-0.25, -0.2) is 0 Å². The first-order chi connectivity index (χ1) is 7.64. The van der Waals surface area contributed by atoms with Crippen LogP contribution in [0, 0.1) is 11.8 Å². The van der Waals surface area contributed by atoms with E-state index in [0.29, 0.717) is 6.54 Å². The summed E-state index contributed by atoms with van der Waals surface area (Å²) in [5.74, 6) is -1.33. The Kier molecular flexibility index (Phi) is 1.83. The Hall–Kier alpha value is -1.20. The van der Waals surface area contributed by atoms with E-state index in [0.717, 1.165) is 0 Å². The lowest BCUT2D eigenvalue weighted by molar-refractivity contribution is -0.145. The van der Waals surface area contributed by atoms with Crippen molar-refractivity contribution in [2.75, 3.05) is 13.2 Å². The van der Waals surface area contributed by atoms with Crippen molar-refractivity contribution in [2.24, 2.45) is 11.8 Å². The molecule has 0 saturated carbocycles. The van der Waals surface area contributed by atoms with Crippen molar-refractivity contribution in [1.82, 2.24) is 4.90 Å². The SMILES string of the molecule is CCN1C(=O)C2C3C=CC(CO)(O3)C2C1=O. The third-order valence-corrected chi connectivity index (χ3v) is 3.81. The molecule has 2 fully saturated rings. The van der Waals surface area contributed by atoms with Crippen molar-refractivity contribution in [3.8, 4) is 0 Å². The normalized spacial score (nSPS) is 44.6. The van der Waals surface area contributed by atoms with Gasteiger partial charge >= 0.3 is 0 Å². The predicted octanol–water partition coefficient (Wildman–Crippen LogP) is -0.693. The number of ether oxygens (including phenoxy) is 1. The standard InChI is InChI=1S/C11H13NO4/c1-2-12-9(14)7-6-3-4-11(5-13,16-6)8(7)10(12)15/h3-4,6-8,13H,2,5H2,1H3. The molecule has 0 aliphatic carbocycles.